The molecule has 6 nitrogen and oxygen atoms in total. The zero-order valence-corrected chi connectivity index (χ0v) is 58.4. The Hall–Kier alpha value is -14.2. The van der Waals surface area contributed by atoms with E-state index in [2.05, 4.69) is 358 Å². The molecular formula is C102H62N4O2. The van der Waals surface area contributed by atoms with Gasteiger partial charge in [-0.15, -0.1) is 0 Å². The molecule has 0 unspecified atom stereocenters. The topological polar surface area (TPSA) is 70.0 Å². The van der Waals surface area contributed by atoms with Crippen LogP contribution in [0.3, 0.4) is 0 Å². The smallest absolute Gasteiger partial charge is 0.160 e. The van der Waals surface area contributed by atoms with Crippen molar-refractivity contribution in [1.82, 2.24) is 19.9 Å². The standard InChI is InChI=1S/C102H62N4O2/c1-2-21-70(22-3-1)99-104-92(62-94(106-99)82-30-18-24-67-20-6-7-25-77(67)82)69-46-39-66(40-47-69)75-52-55-89-98(60-75)108-96-56-53-73(58-90(96)102(89)85-33-14-10-28-80(85)81-29-11-15-34-86(81)102)64-41-48-71(49-42-64)100-103-91(61-93(105-100)76-50-43-63-19-4-5-23-72(63)57-76)68-44-37-65(38-45-68)74-51-54-88-97(59-74)107-95-36-17-16-35-87(95)101(88)83-31-12-8-26-78(83)79-27-9-13-32-84(79)101/h1-62H. The number of fused-ring (bicyclic) bond motifs is 20. The minimum Gasteiger partial charge on any atom is -0.457 e. The van der Waals surface area contributed by atoms with E-state index in [0.717, 1.165) is 146 Å². The lowest BCUT2D eigenvalue weighted by Gasteiger charge is -2.40. The van der Waals surface area contributed by atoms with Gasteiger partial charge in [-0.2, -0.15) is 0 Å². The summed E-state index contributed by atoms with van der Waals surface area (Å²) < 4.78 is 14.2. The van der Waals surface area contributed by atoms with Crippen LogP contribution in [0.15, 0.2) is 376 Å². The maximum absolute atomic E-state index is 7.23. The molecule has 2 aliphatic heterocycles. The normalized spacial score (nSPS) is 13.3. The predicted molar refractivity (Wildman–Crippen MR) is 436 cm³/mol. The fraction of sp³-hybridized carbons (Fsp3) is 0.0196. The number of rotatable bonds is 9. The molecule has 2 aliphatic carbocycles. The van der Waals surface area contributed by atoms with Crippen molar-refractivity contribution in [2.24, 2.45) is 0 Å². The van der Waals surface area contributed by atoms with Gasteiger partial charge in [-0.05, 0) is 148 Å². The zero-order valence-electron chi connectivity index (χ0n) is 58.4. The number of nitrogens with zero attached hydrogens (tertiary/aromatic N) is 4. The maximum atomic E-state index is 7.23. The minimum absolute atomic E-state index is 0.523. The summed E-state index contributed by atoms with van der Waals surface area (Å²) in [5, 5.41) is 4.65. The van der Waals surface area contributed by atoms with E-state index in [-0.39, 0.29) is 0 Å². The molecule has 0 amide bonds. The van der Waals surface area contributed by atoms with Crippen molar-refractivity contribution in [3.63, 3.8) is 0 Å². The lowest BCUT2D eigenvalue weighted by atomic mass is 9.65. The van der Waals surface area contributed by atoms with Crippen LogP contribution in [0.2, 0.25) is 0 Å². The van der Waals surface area contributed by atoms with Gasteiger partial charge in [-0.1, -0.05) is 328 Å². The van der Waals surface area contributed by atoms with Gasteiger partial charge >= 0.3 is 0 Å². The van der Waals surface area contributed by atoms with Crippen LogP contribution in [0.1, 0.15) is 44.5 Å². The predicted octanol–water partition coefficient (Wildman–Crippen LogP) is 25.5. The summed E-state index contributed by atoms with van der Waals surface area (Å²) in [5.74, 6) is 4.69. The Morgan fingerprint density at radius 3 is 1.11 bits per heavy atom. The molecule has 0 atom stereocenters. The Bertz CT molecular complexity index is 6650. The Balaban J connectivity index is 0.603. The van der Waals surface area contributed by atoms with Crippen LogP contribution in [-0.2, 0) is 10.8 Å². The minimum atomic E-state index is -0.688. The summed E-state index contributed by atoms with van der Waals surface area (Å²) in [5.41, 5.74) is 29.0. The second-order valence-corrected chi connectivity index (χ2v) is 28.6. The summed E-state index contributed by atoms with van der Waals surface area (Å²) in [7, 11) is 0. The summed E-state index contributed by atoms with van der Waals surface area (Å²) in [6.45, 7) is 0. The molecule has 108 heavy (non-hydrogen) atoms. The summed E-state index contributed by atoms with van der Waals surface area (Å²) in [6.07, 6.45) is 0. The molecule has 4 heterocycles. The molecular weight excluding hydrogens is 1310 g/mol. The van der Waals surface area contributed by atoms with E-state index in [1.807, 2.05) is 18.2 Å². The summed E-state index contributed by atoms with van der Waals surface area (Å²) in [4.78, 5) is 21.2. The van der Waals surface area contributed by atoms with Gasteiger partial charge in [-0.3, -0.25) is 0 Å². The number of benzene rings is 16. The quantitative estimate of drug-likeness (QED) is 0.143. The Morgan fingerprint density at radius 1 is 0.176 bits per heavy atom. The molecule has 0 saturated carbocycles. The second kappa shape index (κ2) is 24.2. The third kappa shape index (κ3) is 9.46. The molecule has 0 radical (unpaired) electrons. The van der Waals surface area contributed by atoms with Crippen molar-refractivity contribution in [3.8, 4) is 146 Å². The molecule has 0 saturated heterocycles. The third-order valence-corrected chi connectivity index (χ3v) is 22.9. The van der Waals surface area contributed by atoms with Crippen molar-refractivity contribution < 1.29 is 9.47 Å². The van der Waals surface area contributed by atoms with Gasteiger partial charge < -0.3 is 9.47 Å². The summed E-state index contributed by atoms with van der Waals surface area (Å²) >= 11 is 0. The fourth-order valence-corrected chi connectivity index (χ4v) is 17.9. The van der Waals surface area contributed by atoms with Crippen LogP contribution >= 0.6 is 0 Å². The molecule has 0 bridgehead atoms. The van der Waals surface area contributed by atoms with Crippen molar-refractivity contribution in [1.29, 1.82) is 0 Å². The first-order valence-corrected chi connectivity index (χ1v) is 36.9. The van der Waals surface area contributed by atoms with Gasteiger partial charge in [0.1, 0.15) is 23.0 Å². The van der Waals surface area contributed by atoms with Crippen molar-refractivity contribution >= 4 is 21.5 Å². The lowest BCUT2D eigenvalue weighted by molar-refractivity contribution is 0.436. The molecule has 18 aromatic rings. The first-order valence-electron chi connectivity index (χ1n) is 36.9. The first-order chi connectivity index (χ1) is 53.5. The first kappa shape index (κ1) is 61.3. The van der Waals surface area contributed by atoms with Crippen molar-refractivity contribution in [3.05, 3.63) is 421 Å². The van der Waals surface area contributed by atoms with Gasteiger partial charge in [0.25, 0.3) is 0 Å². The summed E-state index contributed by atoms with van der Waals surface area (Å²) in [6, 6.07) is 135. The van der Waals surface area contributed by atoms with Crippen LogP contribution in [0.25, 0.3) is 145 Å². The molecule has 4 aliphatic rings. The Labute approximate surface area is 624 Å². The largest absolute Gasteiger partial charge is 0.457 e. The average molecular weight is 1380 g/mol. The average Bonchev–Trinajstić information content (AvgIpc) is 1.49. The van der Waals surface area contributed by atoms with Crippen LogP contribution in [0.4, 0.5) is 0 Å². The lowest BCUT2D eigenvalue weighted by Crippen LogP contribution is -2.32. The highest BCUT2D eigenvalue weighted by Crippen LogP contribution is 2.65. The molecule has 0 N–H and O–H groups in total. The molecule has 22 rings (SSSR count). The Kier molecular flexibility index (Phi) is 13.7. The molecule has 2 aromatic heterocycles. The van der Waals surface area contributed by atoms with E-state index < -0.39 is 10.8 Å². The molecule has 16 aromatic carbocycles. The highest BCUT2D eigenvalue weighted by molar-refractivity contribution is 5.98. The van der Waals surface area contributed by atoms with Gasteiger partial charge in [0, 0.05) is 55.6 Å². The van der Waals surface area contributed by atoms with E-state index in [0.29, 0.717) is 11.6 Å². The number of aromatic nitrogens is 4. The van der Waals surface area contributed by atoms with Crippen molar-refractivity contribution in [2.45, 2.75) is 10.8 Å². The van der Waals surface area contributed by atoms with Gasteiger partial charge in [-0.25, -0.2) is 19.9 Å². The molecule has 2 spiro atoms. The van der Waals surface area contributed by atoms with E-state index in [1.54, 1.807) is 0 Å². The van der Waals surface area contributed by atoms with E-state index in [1.165, 1.54) is 55.3 Å². The van der Waals surface area contributed by atoms with Gasteiger partial charge in [0.2, 0.25) is 0 Å². The number of hydrogen-bond acceptors (Lipinski definition) is 6. The Morgan fingerprint density at radius 2 is 0.537 bits per heavy atom. The SMILES string of the molecule is c1ccc(-c2nc(-c3ccc(-c4ccc5c(c4)Oc4ccc(-c6ccc(-c7nc(-c8ccc(-c9ccc%10c(c9)Oc9ccccc9C%109c%10ccccc%10-c%10ccccc%109)cc8)cc(-c8ccc9ccccc9c8)n7)cc6)cc4C54c5ccccc5-c5ccccc54)cc3)cc(-c3cccc4ccccc34)n2)cc1. The van der Waals surface area contributed by atoms with E-state index >= 15 is 0 Å². The van der Waals surface area contributed by atoms with Crippen LogP contribution < -0.4 is 9.47 Å². The molecule has 6 heteroatoms. The number of para-hydroxylation sites is 1. The van der Waals surface area contributed by atoms with E-state index in [9.17, 15) is 0 Å². The highest BCUT2D eigenvalue weighted by atomic mass is 16.5. The molecule has 502 valence electrons. The second-order valence-electron chi connectivity index (χ2n) is 28.6. The maximum Gasteiger partial charge on any atom is 0.160 e. The van der Waals surface area contributed by atoms with Crippen LogP contribution in [0.5, 0.6) is 23.0 Å². The monoisotopic (exact) mass is 1370 g/mol. The van der Waals surface area contributed by atoms with Crippen LogP contribution in [0, 0.1) is 0 Å². The number of hydrogen-bond donors (Lipinski definition) is 0. The zero-order chi connectivity index (χ0) is 71.0. The fourth-order valence-electron chi connectivity index (χ4n) is 17.9. The van der Waals surface area contributed by atoms with Crippen LogP contribution in [-0.4, -0.2) is 19.9 Å². The third-order valence-electron chi connectivity index (χ3n) is 22.9. The van der Waals surface area contributed by atoms with Gasteiger partial charge in [0.05, 0.1) is 33.6 Å². The van der Waals surface area contributed by atoms with E-state index in [4.69, 9.17) is 29.4 Å². The van der Waals surface area contributed by atoms with Crippen molar-refractivity contribution in [2.75, 3.05) is 0 Å². The highest BCUT2D eigenvalue weighted by Gasteiger charge is 2.53. The molecule has 0 fully saturated rings. The van der Waals surface area contributed by atoms with Gasteiger partial charge in [0.15, 0.2) is 11.6 Å². The number of ether oxygens (including phenoxy) is 2.